The van der Waals surface area contributed by atoms with E-state index in [0.29, 0.717) is 19.3 Å². The fourth-order valence-electron chi connectivity index (χ4n) is 1.32. The Balaban J connectivity index is 4.48. The van der Waals surface area contributed by atoms with Gasteiger partial charge in [0.05, 0.1) is 19.6 Å². The summed E-state index contributed by atoms with van der Waals surface area (Å²) < 4.78 is 14.8. The van der Waals surface area contributed by atoms with E-state index in [0.717, 1.165) is 0 Å². The van der Waals surface area contributed by atoms with Gasteiger partial charge >= 0.3 is 17.9 Å². The van der Waals surface area contributed by atoms with Crippen LogP contribution in [0.2, 0.25) is 0 Å². The monoisotopic (exact) mass is 288 g/mol. The van der Waals surface area contributed by atoms with Crippen molar-refractivity contribution in [2.45, 2.75) is 59.0 Å². The molecule has 116 valence electrons. The topological polar surface area (TPSA) is 78.9 Å². The second kappa shape index (κ2) is 11.3. The fraction of sp³-hybridized carbons (Fsp3) is 0.786. The van der Waals surface area contributed by atoms with Crippen molar-refractivity contribution in [1.29, 1.82) is 0 Å². The van der Waals surface area contributed by atoms with Gasteiger partial charge in [-0.05, 0) is 19.3 Å². The van der Waals surface area contributed by atoms with E-state index in [9.17, 15) is 14.4 Å². The summed E-state index contributed by atoms with van der Waals surface area (Å²) in [6, 6.07) is 0. The maximum absolute atomic E-state index is 11.7. The van der Waals surface area contributed by atoms with Crippen LogP contribution in [0.15, 0.2) is 0 Å². The van der Waals surface area contributed by atoms with E-state index < -0.39 is 24.0 Å². The molecular formula is C14H24O6. The molecule has 0 bridgehead atoms. The molecule has 6 nitrogen and oxygen atoms in total. The molecule has 0 aromatic carbocycles. The zero-order valence-electron chi connectivity index (χ0n) is 12.5. The first-order valence-electron chi connectivity index (χ1n) is 7.06. The van der Waals surface area contributed by atoms with Crippen LogP contribution < -0.4 is 0 Å². The molecule has 0 aliphatic carbocycles. The summed E-state index contributed by atoms with van der Waals surface area (Å²) in [6.07, 6.45) is 0.619. The van der Waals surface area contributed by atoms with E-state index in [-0.39, 0.29) is 26.1 Å². The summed E-state index contributed by atoms with van der Waals surface area (Å²) >= 11 is 0. The predicted molar refractivity (Wildman–Crippen MR) is 71.9 cm³/mol. The number of rotatable bonds is 10. The second-order valence-electron chi connectivity index (χ2n) is 4.32. The smallest absolute Gasteiger partial charge is 0.348 e. The van der Waals surface area contributed by atoms with Crippen LogP contribution in [0.4, 0.5) is 0 Å². The number of hydrogen-bond acceptors (Lipinski definition) is 6. The number of carbonyl (C=O) groups excluding carboxylic acids is 3. The van der Waals surface area contributed by atoms with Crippen LogP contribution in [0.1, 0.15) is 52.9 Å². The average Bonchev–Trinajstić information content (AvgIpc) is 2.42. The van der Waals surface area contributed by atoms with Gasteiger partial charge in [-0.15, -0.1) is 0 Å². The molecule has 20 heavy (non-hydrogen) atoms. The Kier molecular flexibility index (Phi) is 10.4. The molecule has 0 aromatic heterocycles. The van der Waals surface area contributed by atoms with Crippen LogP contribution in [0.3, 0.4) is 0 Å². The van der Waals surface area contributed by atoms with Gasteiger partial charge in [-0.2, -0.15) is 0 Å². The van der Waals surface area contributed by atoms with Gasteiger partial charge in [0.1, 0.15) is 0 Å². The Morgan fingerprint density at radius 3 is 2.00 bits per heavy atom. The van der Waals surface area contributed by atoms with Crippen molar-refractivity contribution >= 4 is 17.9 Å². The van der Waals surface area contributed by atoms with Gasteiger partial charge in [0, 0.05) is 6.42 Å². The van der Waals surface area contributed by atoms with E-state index >= 15 is 0 Å². The first kappa shape index (κ1) is 18.4. The van der Waals surface area contributed by atoms with E-state index in [1.807, 2.05) is 20.8 Å². The number of hydrogen-bond donors (Lipinski definition) is 0. The van der Waals surface area contributed by atoms with Gasteiger partial charge in [-0.1, -0.05) is 20.8 Å². The lowest BCUT2D eigenvalue weighted by Gasteiger charge is -2.16. The first-order valence-corrected chi connectivity index (χ1v) is 7.06. The van der Waals surface area contributed by atoms with Crippen LogP contribution in [0, 0.1) is 0 Å². The van der Waals surface area contributed by atoms with Crippen LogP contribution in [-0.4, -0.2) is 37.2 Å². The Hall–Kier alpha value is -1.59. The van der Waals surface area contributed by atoms with Crippen molar-refractivity contribution in [1.82, 2.24) is 0 Å². The molecular weight excluding hydrogens is 264 g/mol. The molecule has 0 aliphatic heterocycles. The summed E-state index contributed by atoms with van der Waals surface area (Å²) in [7, 11) is 0. The van der Waals surface area contributed by atoms with E-state index in [1.54, 1.807) is 0 Å². The van der Waals surface area contributed by atoms with Gasteiger partial charge in [-0.3, -0.25) is 9.59 Å². The molecule has 0 aromatic rings. The molecule has 0 N–H and O–H groups in total. The van der Waals surface area contributed by atoms with Gasteiger partial charge in [0.2, 0.25) is 6.10 Å². The summed E-state index contributed by atoms with van der Waals surface area (Å²) in [5.74, 6) is -1.80. The highest BCUT2D eigenvalue weighted by Gasteiger charge is 2.27. The van der Waals surface area contributed by atoms with Gasteiger partial charge in [0.25, 0.3) is 0 Å². The molecule has 0 radical (unpaired) electrons. The van der Waals surface area contributed by atoms with Crippen LogP contribution in [0.25, 0.3) is 0 Å². The summed E-state index contributed by atoms with van der Waals surface area (Å²) in [5.41, 5.74) is 0. The Morgan fingerprint density at radius 2 is 1.45 bits per heavy atom. The third kappa shape index (κ3) is 8.50. The van der Waals surface area contributed by atoms with Crippen molar-refractivity contribution < 1.29 is 28.6 Å². The first-order chi connectivity index (χ1) is 9.54. The second-order valence-corrected chi connectivity index (χ2v) is 4.32. The highest BCUT2D eigenvalue weighted by molar-refractivity contribution is 5.84. The minimum Gasteiger partial charge on any atom is -0.466 e. The lowest BCUT2D eigenvalue weighted by Crippen LogP contribution is -2.32. The highest BCUT2D eigenvalue weighted by atomic mass is 16.6. The number of carbonyl (C=O) groups is 3. The van der Waals surface area contributed by atoms with Crippen molar-refractivity contribution in [2.75, 3.05) is 13.2 Å². The summed E-state index contributed by atoms with van der Waals surface area (Å²) in [6.45, 7) is 6.03. The molecule has 0 rings (SSSR count). The normalized spacial score (nSPS) is 11.6. The lowest BCUT2D eigenvalue weighted by atomic mass is 10.2. The van der Waals surface area contributed by atoms with Gasteiger partial charge in [0.15, 0.2) is 0 Å². The molecule has 0 saturated heterocycles. The lowest BCUT2D eigenvalue weighted by molar-refractivity contribution is -0.172. The summed E-state index contributed by atoms with van der Waals surface area (Å²) in [5, 5.41) is 0. The average molecular weight is 288 g/mol. The van der Waals surface area contributed by atoms with Crippen molar-refractivity contribution in [3.05, 3.63) is 0 Å². The van der Waals surface area contributed by atoms with E-state index in [4.69, 9.17) is 14.2 Å². The standard InChI is InChI=1S/C14H24O6/c1-4-7-12(15)20-11(14(17)19-9-6-3)10-13(16)18-8-5-2/h11H,4-10H2,1-3H3/t11-/m1/s1. The third-order valence-corrected chi connectivity index (χ3v) is 2.26. The quantitative estimate of drug-likeness (QED) is 0.452. The van der Waals surface area contributed by atoms with Gasteiger partial charge < -0.3 is 14.2 Å². The molecule has 0 heterocycles. The van der Waals surface area contributed by atoms with Crippen molar-refractivity contribution in [3.8, 4) is 0 Å². The largest absolute Gasteiger partial charge is 0.466 e. The van der Waals surface area contributed by atoms with E-state index in [1.165, 1.54) is 0 Å². The molecule has 0 aliphatic rings. The Labute approximate surface area is 119 Å². The van der Waals surface area contributed by atoms with Gasteiger partial charge in [-0.25, -0.2) is 4.79 Å². The Morgan fingerprint density at radius 1 is 0.850 bits per heavy atom. The molecule has 0 fully saturated rings. The molecule has 0 amide bonds. The van der Waals surface area contributed by atoms with Crippen molar-refractivity contribution in [2.24, 2.45) is 0 Å². The van der Waals surface area contributed by atoms with Crippen molar-refractivity contribution in [3.63, 3.8) is 0 Å². The van der Waals surface area contributed by atoms with Crippen LogP contribution >= 0.6 is 0 Å². The molecule has 0 unspecified atom stereocenters. The van der Waals surface area contributed by atoms with E-state index in [2.05, 4.69) is 0 Å². The Bertz CT molecular complexity index is 313. The molecule has 0 saturated carbocycles. The minimum absolute atomic E-state index is 0.196. The SMILES string of the molecule is CCCOC(=O)C[C@@H](OC(=O)CCC)C(=O)OCCC. The van der Waals surface area contributed by atoms with Crippen LogP contribution in [-0.2, 0) is 28.6 Å². The maximum Gasteiger partial charge on any atom is 0.348 e. The zero-order chi connectivity index (χ0) is 15.4. The number of esters is 3. The highest BCUT2D eigenvalue weighted by Crippen LogP contribution is 2.07. The predicted octanol–water partition coefficient (Wildman–Crippen LogP) is 1.99. The molecule has 1 atom stereocenters. The maximum atomic E-state index is 11.7. The summed E-state index contributed by atoms with van der Waals surface area (Å²) in [4.78, 5) is 34.7. The zero-order valence-corrected chi connectivity index (χ0v) is 12.5. The molecule has 6 heteroatoms. The third-order valence-electron chi connectivity index (χ3n) is 2.26. The minimum atomic E-state index is -1.22. The molecule has 0 spiro atoms. The number of ether oxygens (including phenoxy) is 3. The fourth-order valence-corrected chi connectivity index (χ4v) is 1.32. The van der Waals surface area contributed by atoms with Crippen LogP contribution in [0.5, 0.6) is 0 Å².